The number of aliphatic hydroxyl groups excluding tert-OH is 1. The zero-order valence-corrected chi connectivity index (χ0v) is 11.3. The van der Waals surface area contributed by atoms with Crippen LogP contribution in [0.15, 0.2) is 29.8 Å². The summed E-state index contributed by atoms with van der Waals surface area (Å²) in [5, 5.41) is 13.3. The summed E-state index contributed by atoms with van der Waals surface area (Å²) < 4.78 is 37.3. The van der Waals surface area contributed by atoms with E-state index >= 15 is 0 Å². The first-order valence-electron chi connectivity index (χ1n) is 5.93. The Balaban J connectivity index is 1.93. The number of aromatic nitrogens is 1. The highest BCUT2D eigenvalue weighted by Crippen LogP contribution is 2.34. The van der Waals surface area contributed by atoms with Crippen molar-refractivity contribution in [2.45, 2.75) is 19.1 Å². The van der Waals surface area contributed by atoms with Crippen molar-refractivity contribution in [3.8, 4) is 0 Å². The van der Waals surface area contributed by atoms with Gasteiger partial charge in [0.05, 0.1) is 11.9 Å². The van der Waals surface area contributed by atoms with Crippen LogP contribution < -0.4 is 5.32 Å². The van der Waals surface area contributed by atoms with Gasteiger partial charge in [-0.1, -0.05) is 0 Å². The minimum atomic E-state index is -4.28. The van der Waals surface area contributed by atoms with E-state index in [1.54, 1.807) is 18.3 Å². The number of thiophene rings is 1. The van der Waals surface area contributed by atoms with Crippen LogP contribution >= 0.6 is 11.3 Å². The first-order chi connectivity index (χ1) is 9.49. The van der Waals surface area contributed by atoms with Gasteiger partial charge in [-0.2, -0.15) is 13.2 Å². The van der Waals surface area contributed by atoms with E-state index in [4.69, 9.17) is 5.11 Å². The molecule has 0 atom stereocenters. The van der Waals surface area contributed by atoms with Gasteiger partial charge in [-0.05, 0) is 29.1 Å². The summed E-state index contributed by atoms with van der Waals surface area (Å²) in [5.41, 5.74) is 2.08. The van der Waals surface area contributed by atoms with Crippen LogP contribution in [-0.4, -0.2) is 16.7 Å². The molecule has 0 saturated heterocycles. The number of pyridine rings is 1. The van der Waals surface area contributed by atoms with E-state index in [0.717, 1.165) is 17.4 Å². The van der Waals surface area contributed by atoms with E-state index in [-0.39, 0.29) is 6.61 Å². The first-order valence-corrected chi connectivity index (χ1v) is 6.81. The predicted octanol–water partition coefficient (Wildman–Crippen LogP) is 3.31. The molecule has 0 radical (unpaired) electrons. The molecule has 0 unspecified atom stereocenters. The number of halogens is 3. The van der Waals surface area contributed by atoms with Crippen LogP contribution in [0.5, 0.6) is 0 Å². The summed E-state index contributed by atoms with van der Waals surface area (Å²) in [6.45, 7) is 0.350. The summed E-state index contributed by atoms with van der Waals surface area (Å²) in [5.74, 6) is 0. The van der Waals surface area contributed by atoms with Crippen LogP contribution in [0.1, 0.15) is 16.1 Å². The number of aliphatic hydroxyl groups is 1. The van der Waals surface area contributed by atoms with Gasteiger partial charge in [0.1, 0.15) is 4.88 Å². The second-order valence-electron chi connectivity index (χ2n) is 4.18. The largest absolute Gasteiger partial charge is 0.425 e. The van der Waals surface area contributed by atoms with Crippen molar-refractivity contribution in [3.05, 3.63) is 45.9 Å². The van der Waals surface area contributed by atoms with Gasteiger partial charge in [-0.15, -0.1) is 11.3 Å². The average Bonchev–Trinajstić information content (AvgIpc) is 2.87. The van der Waals surface area contributed by atoms with Crippen LogP contribution in [0.25, 0.3) is 0 Å². The molecule has 0 fully saturated rings. The minimum absolute atomic E-state index is 0.0366. The van der Waals surface area contributed by atoms with Gasteiger partial charge in [0.25, 0.3) is 0 Å². The summed E-state index contributed by atoms with van der Waals surface area (Å²) >= 11 is 0.692. The summed E-state index contributed by atoms with van der Waals surface area (Å²) in [6.07, 6.45) is -2.20. The molecule has 0 saturated carbocycles. The Bertz CT molecular complexity index is 551. The molecule has 0 aliphatic rings. The third kappa shape index (κ3) is 3.94. The molecule has 0 aliphatic carbocycles. The maximum atomic E-state index is 12.4. The number of anilines is 1. The van der Waals surface area contributed by atoms with Crippen LogP contribution in [-0.2, 0) is 19.1 Å². The average molecular weight is 302 g/mol. The van der Waals surface area contributed by atoms with Crippen molar-refractivity contribution < 1.29 is 18.3 Å². The lowest BCUT2D eigenvalue weighted by Gasteiger charge is -2.05. The third-order valence-electron chi connectivity index (χ3n) is 2.62. The van der Waals surface area contributed by atoms with E-state index in [9.17, 15) is 13.2 Å². The monoisotopic (exact) mass is 302 g/mol. The maximum Gasteiger partial charge on any atom is 0.425 e. The van der Waals surface area contributed by atoms with Gasteiger partial charge in [0.2, 0.25) is 0 Å². The third-order valence-corrected chi connectivity index (χ3v) is 3.65. The van der Waals surface area contributed by atoms with Crippen LogP contribution in [0.3, 0.4) is 0 Å². The number of nitrogens with one attached hydrogen (secondary N) is 1. The first kappa shape index (κ1) is 14.8. The molecule has 0 aromatic carbocycles. The number of hydrogen-bond acceptors (Lipinski definition) is 4. The van der Waals surface area contributed by atoms with E-state index in [2.05, 4.69) is 10.3 Å². The molecule has 0 spiro atoms. The SMILES string of the molecule is OCCc1ccc(NCc2csc(C(F)(F)F)c2)cn1. The zero-order valence-electron chi connectivity index (χ0n) is 10.4. The van der Waals surface area contributed by atoms with Gasteiger partial charge in [0.15, 0.2) is 0 Å². The minimum Gasteiger partial charge on any atom is -0.396 e. The van der Waals surface area contributed by atoms with Crippen LogP contribution in [0.2, 0.25) is 0 Å². The fourth-order valence-corrected chi connectivity index (χ4v) is 2.40. The van der Waals surface area contributed by atoms with E-state index in [1.165, 1.54) is 5.38 Å². The number of alkyl halides is 3. The fraction of sp³-hybridized carbons (Fsp3) is 0.308. The Morgan fingerprint density at radius 1 is 1.30 bits per heavy atom. The Kier molecular flexibility index (Phi) is 4.61. The molecule has 0 bridgehead atoms. The van der Waals surface area contributed by atoms with Crippen LogP contribution in [0, 0.1) is 0 Å². The Hall–Kier alpha value is -1.60. The highest BCUT2D eigenvalue weighted by atomic mass is 32.1. The second kappa shape index (κ2) is 6.23. The van der Waals surface area contributed by atoms with Crippen molar-refractivity contribution in [1.82, 2.24) is 4.98 Å². The zero-order chi connectivity index (χ0) is 14.6. The Morgan fingerprint density at radius 2 is 2.10 bits per heavy atom. The molecule has 0 aliphatic heterocycles. The van der Waals surface area contributed by atoms with Crippen LogP contribution in [0.4, 0.5) is 18.9 Å². The number of nitrogens with zero attached hydrogens (tertiary/aromatic N) is 1. The molecule has 3 nitrogen and oxygen atoms in total. The van der Waals surface area contributed by atoms with E-state index < -0.39 is 11.1 Å². The van der Waals surface area contributed by atoms with E-state index in [0.29, 0.717) is 29.9 Å². The topological polar surface area (TPSA) is 45.1 Å². The van der Waals surface area contributed by atoms with Crippen molar-refractivity contribution in [1.29, 1.82) is 0 Å². The van der Waals surface area contributed by atoms with Gasteiger partial charge >= 0.3 is 6.18 Å². The molecule has 2 aromatic rings. The summed E-state index contributed by atoms with van der Waals surface area (Å²) in [6, 6.07) is 4.70. The predicted molar refractivity (Wildman–Crippen MR) is 71.7 cm³/mol. The van der Waals surface area contributed by atoms with Gasteiger partial charge in [-0.25, -0.2) is 0 Å². The highest BCUT2D eigenvalue weighted by molar-refractivity contribution is 7.10. The lowest BCUT2D eigenvalue weighted by molar-refractivity contribution is -0.134. The van der Waals surface area contributed by atoms with E-state index in [1.807, 2.05) is 0 Å². The molecule has 7 heteroatoms. The van der Waals surface area contributed by atoms with Crippen molar-refractivity contribution in [2.75, 3.05) is 11.9 Å². The van der Waals surface area contributed by atoms with Gasteiger partial charge < -0.3 is 10.4 Å². The molecule has 2 aromatic heterocycles. The summed E-state index contributed by atoms with van der Waals surface area (Å²) in [7, 11) is 0. The van der Waals surface area contributed by atoms with Gasteiger partial charge in [0, 0.05) is 25.3 Å². The number of hydrogen-bond donors (Lipinski definition) is 2. The Morgan fingerprint density at radius 3 is 2.65 bits per heavy atom. The lowest BCUT2D eigenvalue weighted by Crippen LogP contribution is -2.02. The summed E-state index contributed by atoms with van der Waals surface area (Å²) in [4.78, 5) is 3.53. The molecule has 2 rings (SSSR count). The number of rotatable bonds is 5. The highest BCUT2D eigenvalue weighted by Gasteiger charge is 2.32. The second-order valence-corrected chi connectivity index (χ2v) is 5.09. The molecular formula is C13H13F3N2OS. The normalized spacial score (nSPS) is 11.6. The molecular weight excluding hydrogens is 289 g/mol. The molecule has 20 heavy (non-hydrogen) atoms. The maximum absolute atomic E-state index is 12.4. The smallest absolute Gasteiger partial charge is 0.396 e. The molecule has 108 valence electrons. The molecule has 2 heterocycles. The molecule has 2 N–H and O–H groups in total. The fourth-order valence-electron chi connectivity index (χ4n) is 1.61. The molecule has 0 amide bonds. The lowest BCUT2D eigenvalue weighted by atomic mass is 10.2. The van der Waals surface area contributed by atoms with Gasteiger partial charge in [-0.3, -0.25) is 4.98 Å². The van der Waals surface area contributed by atoms with Crippen molar-refractivity contribution in [3.63, 3.8) is 0 Å². The Labute approximate surface area is 118 Å². The van der Waals surface area contributed by atoms with Crippen molar-refractivity contribution >= 4 is 17.0 Å². The standard InChI is InChI=1S/C13H13F3N2OS/c14-13(15,16)12-5-9(8-20-12)6-17-11-2-1-10(3-4-19)18-7-11/h1-2,5,7-8,17,19H,3-4,6H2. The quantitative estimate of drug-likeness (QED) is 0.890. The van der Waals surface area contributed by atoms with Crippen molar-refractivity contribution in [2.24, 2.45) is 0 Å².